The standard InChI is InChI=1S/C19H32N4O2/c1-14-13-15(2)23(20-14)12-6-7-18(24)21(3)16-8-9-17(19(16)25)22-10-4-5-11-22/h13,16-17,19,25H,4-12H2,1-3H3/t16-,17-,19-/m1/s1. The van der Waals surface area contributed by atoms with Crippen LogP contribution < -0.4 is 0 Å². The zero-order chi connectivity index (χ0) is 18.0. The minimum atomic E-state index is -0.414. The second kappa shape index (κ2) is 7.87. The highest BCUT2D eigenvalue weighted by molar-refractivity contribution is 5.76. The monoisotopic (exact) mass is 348 g/mol. The highest BCUT2D eigenvalue weighted by atomic mass is 16.3. The van der Waals surface area contributed by atoms with Gasteiger partial charge in [0.25, 0.3) is 0 Å². The number of nitrogens with zero attached hydrogens (tertiary/aromatic N) is 4. The average molecular weight is 348 g/mol. The van der Waals surface area contributed by atoms with Gasteiger partial charge in [0.1, 0.15) is 0 Å². The number of aliphatic hydroxyl groups excluding tert-OH is 1. The Kier molecular flexibility index (Phi) is 5.79. The summed E-state index contributed by atoms with van der Waals surface area (Å²) in [7, 11) is 1.85. The van der Waals surface area contributed by atoms with Gasteiger partial charge in [-0.3, -0.25) is 14.4 Å². The number of aryl methyl sites for hydroxylation is 3. The van der Waals surface area contributed by atoms with Gasteiger partial charge in [-0.1, -0.05) is 0 Å². The van der Waals surface area contributed by atoms with Crippen molar-refractivity contribution in [3.63, 3.8) is 0 Å². The average Bonchev–Trinajstić information content (AvgIpc) is 3.28. The quantitative estimate of drug-likeness (QED) is 0.850. The van der Waals surface area contributed by atoms with Gasteiger partial charge in [0.05, 0.1) is 17.8 Å². The summed E-state index contributed by atoms with van der Waals surface area (Å²) >= 11 is 0. The van der Waals surface area contributed by atoms with Crippen molar-refractivity contribution in [1.82, 2.24) is 19.6 Å². The molecule has 1 aliphatic carbocycles. The second-order valence-electron chi connectivity index (χ2n) is 7.70. The number of aromatic nitrogens is 2. The van der Waals surface area contributed by atoms with Crippen LogP contribution in [-0.2, 0) is 11.3 Å². The predicted molar refractivity (Wildman–Crippen MR) is 97.3 cm³/mol. The highest BCUT2D eigenvalue weighted by Crippen LogP contribution is 2.30. The summed E-state index contributed by atoms with van der Waals surface area (Å²) < 4.78 is 1.97. The molecule has 0 bridgehead atoms. The van der Waals surface area contributed by atoms with Crippen molar-refractivity contribution >= 4 is 5.91 Å². The van der Waals surface area contributed by atoms with E-state index in [1.807, 2.05) is 25.6 Å². The number of carbonyl (C=O) groups excluding carboxylic acids is 1. The fraction of sp³-hybridized carbons (Fsp3) is 0.789. The third kappa shape index (κ3) is 4.06. The molecule has 25 heavy (non-hydrogen) atoms. The molecule has 0 spiro atoms. The lowest BCUT2D eigenvalue weighted by atomic mass is 10.1. The Balaban J connectivity index is 1.48. The first-order valence-corrected chi connectivity index (χ1v) is 9.66. The summed E-state index contributed by atoms with van der Waals surface area (Å²) in [6.07, 6.45) is 5.24. The maximum Gasteiger partial charge on any atom is 0.222 e. The van der Waals surface area contributed by atoms with Crippen LogP contribution in [0.1, 0.15) is 49.9 Å². The van der Waals surface area contributed by atoms with E-state index < -0.39 is 6.10 Å². The molecular weight excluding hydrogens is 316 g/mol. The van der Waals surface area contributed by atoms with Crippen molar-refractivity contribution in [2.24, 2.45) is 0 Å². The highest BCUT2D eigenvalue weighted by Gasteiger charge is 2.41. The molecule has 2 heterocycles. The lowest BCUT2D eigenvalue weighted by molar-refractivity contribution is -0.134. The van der Waals surface area contributed by atoms with Crippen molar-refractivity contribution < 1.29 is 9.90 Å². The van der Waals surface area contributed by atoms with Crippen LogP contribution in [0.4, 0.5) is 0 Å². The normalized spacial score (nSPS) is 27.1. The number of likely N-dealkylation sites (N-methyl/N-ethyl adjacent to an activating group) is 1. The molecule has 1 saturated carbocycles. The van der Waals surface area contributed by atoms with Crippen molar-refractivity contribution in [2.45, 2.75) is 77.1 Å². The van der Waals surface area contributed by atoms with E-state index in [1.54, 1.807) is 4.90 Å². The second-order valence-corrected chi connectivity index (χ2v) is 7.70. The van der Waals surface area contributed by atoms with Crippen LogP contribution in [0, 0.1) is 13.8 Å². The molecule has 0 unspecified atom stereocenters. The first kappa shape index (κ1) is 18.4. The molecule has 2 fully saturated rings. The molecule has 3 rings (SSSR count). The van der Waals surface area contributed by atoms with Gasteiger partial charge in [-0.15, -0.1) is 0 Å². The Morgan fingerprint density at radius 1 is 1.32 bits per heavy atom. The van der Waals surface area contributed by atoms with Gasteiger partial charge in [-0.25, -0.2) is 0 Å². The summed E-state index contributed by atoms with van der Waals surface area (Å²) in [5.74, 6) is 0.132. The lowest BCUT2D eigenvalue weighted by Crippen LogP contribution is -2.48. The first-order valence-electron chi connectivity index (χ1n) is 9.66. The molecule has 6 heteroatoms. The number of aliphatic hydroxyl groups is 1. The molecule has 1 amide bonds. The minimum Gasteiger partial charge on any atom is -0.389 e. The molecule has 3 atom stereocenters. The Hall–Kier alpha value is -1.40. The van der Waals surface area contributed by atoms with Crippen molar-refractivity contribution in [3.05, 3.63) is 17.5 Å². The molecule has 1 saturated heterocycles. The molecule has 1 aromatic heterocycles. The smallest absolute Gasteiger partial charge is 0.222 e. The van der Waals surface area contributed by atoms with Crippen LogP contribution >= 0.6 is 0 Å². The molecule has 2 aliphatic rings. The van der Waals surface area contributed by atoms with Crippen LogP contribution in [0.3, 0.4) is 0 Å². The minimum absolute atomic E-state index is 0.0354. The summed E-state index contributed by atoms with van der Waals surface area (Å²) in [6.45, 7) is 6.98. The van der Waals surface area contributed by atoms with Crippen LogP contribution in [0.2, 0.25) is 0 Å². The van der Waals surface area contributed by atoms with Gasteiger partial charge in [0.15, 0.2) is 0 Å². The van der Waals surface area contributed by atoms with E-state index in [0.29, 0.717) is 6.42 Å². The maximum absolute atomic E-state index is 12.6. The number of hydrogen-bond acceptors (Lipinski definition) is 4. The summed E-state index contributed by atoms with van der Waals surface area (Å²) in [4.78, 5) is 16.8. The Morgan fingerprint density at radius 3 is 2.68 bits per heavy atom. The van der Waals surface area contributed by atoms with Crippen LogP contribution in [0.25, 0.3) is 0 Å². The van der Waals surface area contributed by atoms with Gasteiger partial charge in [-0.05, 0) is 65.1 Å². The molecule has 1 aliphatic heterocycles. The number of likely N-dealkylation sites (tertiary alicyclic amines) is 1. The molecule has 1 aromatic rings. The third-order valence-corrected chi connectivity index (χ3v) is 5.91. The SMILES string of the molecule is Cc1cc(C)n(CCCC(=O)N(C)[C@@H]2CC[C@@H](N3CCCC3)[C@@H]2O)n1. The zero-order valence-electron chi connectivity index (χ0n) is 15.8. The van der Waals surface area contributed by atoms with Crippen LogP contribution in [0.15, 0.2) is 6.07 Å². The Morgan fingerprint density at radius 2 is 2.04 bits per heavy atom. The van der Waals surface area contributed by atoms with E-state index in [0.717, 1.165) is 50.3 Å². The van der Waals surface area contributed by atoms with Crippen molar-refractivity contribution in [2.75, 3.05) is 20.1 Å². The van der Waals surface area contributed by atoms with Crippen molar-refractivity contribution in [1.29, 1.82) is 0 Å². The summed E-state index contributed by atoms with van der Waals surface area (Å²) in [6, 6.07) is 2.26. The number of rotatable bonds is 6. The van der Waals surface area contributed by atoms with E-state index in [1.165, 1.54) is 12.8 Å². The fourth-order valence-corrected chi connectivity index (χ4v) is 4.48. The van der Waals surface area contributed by atoms with E-state index in [-0.39, 0.29) is 18.0 Å². The number of hydrogen-bond donors (Lipinski definition) is 1. The van der Waals surface area contributed by atoms with Crippen LogP contribution in [0.5, 0.6) is 0 Å². The van der Waals surface area contributed by atoms with Gasteiger partial charge < -0.3 is 10.0 Å². The van der Waals surface area contributed by atoms with E-state index >= 15 is 0 Å². The number of carbonyl (C=O) groups is 1. The predicted octanol–water partition coefficient (Wildman–Crippen LogP) is 1.73. The molecule has 0 aromatic carbocycles. The van der Waals surface area contributed by atoms with Gasteiger partial charge in [0, 0.05) is 31.7 Å². The van der Waals surface area contributed by atoms with E-state index in [4.69, 9.17) is 0 Å². The zero-order valence-corrected chi connectivity index (χ0v) is 15.8. The molecule has 0 radical (unpaired) electrons. The first-order chi connectivity index (χ1) is 12.0. The molecule has 1 N–H and O–H groups in total. The fourth-order valence-electron chi connectivity index (χ4n) is 4.48. The molecule has 6 nitrogen and oxygen atoms in total. The Bertz CT molecular complexity index is 594. The number of amides is 1. The van der Waals surface area contributed by atoms with Gasteiger partial charge in [0.2, 0.25) is 5.91 Å². The van der Waals surface area contributed by atoms with Crippen LogP contribution in [-0.4, -0.2) is 68.9 Å². The summed E-state index contributed by atoms with van der Waals surface area (Å²) in [5.41, 5.74) is 2.15. The molecule has 140 valence electrons. The lowest BCUT2D eigenvalue weighted by Gasteiger charge is -2.32. The Labute approximate surface area is 150 Å². The summed E-state index contributed by atoms with van der Waals surface area (Å²) in [5, 5.41) is 15.2. The largest absolute Gasteiger partial charge is 0.389 e. The maximum atomic E-state index is 12.6. The van der Waals surface area contributed by atoms with E-state index in [2.05, 4.69) is 16.1 Å². The van der Waals surface area contributed by atoms with Gasteiger partial charge in [-0.2, -0.15) is 5.10 Å². The topological polar surface area (TPSA) is 61.6 Å². The molecular formula is C19H32N4O2. The van der Waals surface area contributed by atoms with Crippen molar-refractivity contribution in [3.8, 4) is 0 Å². The van der Waals surface area contributed by atoms with Gasteiger partial charge >= 0.3 is 0 Å². The van der Waals surface area contributed by atoms with E-state index in [9.17, 15) is 9.90 Å². The third-order valence-electron chi connectivity index (χ3n) is 5.91.